The summed E-state index contributed by atoms with van der Waals surface area (Å²) in [7, 11) is 0. The van der Waals surface area contributed by atoms with Gasteiger partial charge in [-0.2, -0.15) is 0 Å². The van der Waals surface area contributed by atoms with Crippen LogP contribution in [0.15, 0.2) is 48.5 Å². The van der Waals surface area contributed by atoms with E-state index >= 15 is 0 Å². The third kappa shape index (κ3) is 6.76. The fraction of sp³-hybridized carbons (Fsp3) is 0.455. The molecule has 0 saturated carbocycles. The third-order valence-electron chi connectivity index (χ3n) is 4.37. The van der Waals surface area contributed by atoms with E-state index in [0.29, 0.717) is 6.61 Å². The highest BCUT2D eigenvalue weighted by Gasteiger charge is 2.00. The van der Waals surface area contributed by atoms with Crippen molar-refractivity contribution < 1.29 is 4.74 Å². The molecule has 0 bridgehead atoms. The average molecular weight is 325 g/mol. The summed E-state index contributed by atoms with van der Waals surface area (Å²) >= 11 is 0. The Hall–Kier alpha value is -1.80. The first-order valence-corrected chi connectivity index (χ1v) is 9.26. The maximum atomic E-state index is 5.89. The smallest absolute Gasteiger partial charge is 0.119 e. The third-order valence-corrected chi connectivity index (χ3v) is 4.37. The highest BCUT2D eigenvalue weighted by Crippen LogP contribution is 2.15. The lowest BCUT2D eigenvalue weighted by atomic mass is 10.1. The Morgan fingerprint density at radius 1 is 0.875 bits per heavy atom. The van der Waals surface area contributed by atoms with Gasteiger partial charge in [0.2, 0.25) is 0 Å². The van der Waals surface area contributed by atoms with Crippen LogP contribution in [0.5, 0.6) is 5.75 Å². The lowest BCUT2D eigenvalue weighted by molar-refractivity contribution is 0.305. The number of rotatable bonds is 11. The number of nitrogens with one attached hydrogen (secondary N) is 1. The number of aryl methyl sites for hydroxylation is 1. The molecule has 0 saturated heterocycles. The lowest BCUT2D eigenvalue weighted by Crippen LogP contribution is -2.14. The molecule has 2 heteroatoms. The van der Waals surface area contributed by atoms with E-state index in [1.54, 1.807) is 0 Å². The first-order chi connectivity index (χ1) is 11.8. The van der Waals surface area contributed by atoms with Gasteiger partial charge in [0.1, 0.15) is 12.4 Å². The van der Waals surface area contributed by atoms with E-state index in [1.807, 2.05) is 0 Å². The molecule has 0 spiro atoms. The van der Waals surface area contributed by atoms with Gasteiger partial charge in [-0.15, -0.1) is 0 Å². The van der Waals surface area contributed by atoms with E-state index in [-0.39, 0.29) is 0 Å². The van der Waals surface area contributed by atoms with Crippen molar-refractivity contribution in [3.8, 4) is 5.75 Å². The molecule has 2 aromatic rings. The van der Waals surface area contributed by atoms with Crippen molar-refractivity contribution in [3.63, 3.8) is 0 Å². The van der Waals surface area contributed by atoms with E-state index in [2.05, 4.69) is 67.7 Å². The van der Waals surface area contributed by atoms with Gasteiger partial charge in [-0.3, -0.25) is 0 Å². The fourth-order valence-corrected chi connectivity index (χ4v) is 2.72. The number of unbranched alkanes of at least 4 members (excludes halogenated alkanes) is 4. The lowest BCUT2D eigenvalue weighted by Gasteiger charge is -2.10. The van der Waals surface area contributed by atoms with Gasteiger partial charge in [0.25, 0.3) is 0 Å². The molecule has 0 atom stereocenters. The summed E-state index contributed by atoms with van der Waals surface area (Å²) in [5.74, 6) is 0.932. The van der Waals surface area contributed by atoms with Crippen molar-refractivity contribution in [3.05, 3.63) is 65.2 Å². The predicted molar refractivity (Wildman–Crippen MR) is 102 cm³/mol. The first kappa shape index (κ1) is 18.5. The highest BCUT2D eigenvalue weighted by molar-refractivity contribution is 5.29. The van der Waals surface area contributed by atoms with Crippen molar-refractivity contribution in [2.45, 2.75) is 59.1 Å². The molecule has 0 aliphatic heterocycles. The Labute approximate surface area is 147 Å². The van der Waals surface area contributed by atoms with Crippen LogP contribution >= 0.6 is 0 Å². The average Bonchev–Trinajstić information content (AvgIpc) is 2.61. The molecule has 0 fully saturated rings. The summed E-state index contributed by atoms with van der Waals surface area (Å²) in [6.07, 6.45) is 6.66. The van der Waals surface area contributed by atoms with Gasteiger partial charge in [0.15, 0.2) is 0 Å². The Balaban J connectivity index is 1.66. The summed E-state index contributed by atoms with van der Waals surface area (Å²) < 4.78 is 5.89. The van der Waals surface area contributed by atoms with Crippen LogP contribution in [-0.2, 0) is 13.2 Å². The number of ether oxygens (including phenoxy) is 1. The Bertz CT molecular complexity index is 577. The molecule has 130 valence electrons. The Morgan fingerprint density at radius 3 is 2.38 bits per heavy atom. The molecule has 0 radical (unpaired) electrons. The normalized spacial score (nSPS) is 10.8. The van der Waals surface area contributed by atoms with Crippen LogP contribution in [0.25, 0.3) is 0 Å². The minimum Gasteiger partial charge on any atom is -0.489 e. The second kappa shape index (κ2) is 10.9. The Kier molecular flexibility index (Phi) is 8.40. The number of hydrogen-bond acceptors (Lipinski definition) is 2. The molecule has 24 heavy (non-hydrogen) atoms. The van der Waals surface area contributed by atoms with Gasteiger partial charge in [0, 0.05) is 6.54 Å². The van der Waals surface area contributed by atoms with Crippen molar-refractivity contribution >= 4 is 0 Å². The molecular formula is C22H31NO. The minimum absolute atomic E-state index is 0.627. The molecule has 0 unspecified atom stereocenters. The van der Waals surface area contributed by atoms with Crippen molar-refractivity contribution in [1.29, 1.82) is 0 Å². The molecule has 0 aliphatic rings. The summed E-state index contributed by atoms with van der Waals surface area (Å²) in [5.41, 5.74) is 3.83. The van der Waals surface area contributed by atoms with Crippen LogP contribution in [0.2, 0.25) is 0 Å². The molecule has 2 nitrogen and oxygen atoms in total. The van der Waals surface area contributed by atoms with E-state index in [0.717, 1.165) is 18.8 Å². The zero-order valence-corrected chi connectivity index (χ0v) is 15.2. The Morgan fingerprint density at radius 2 is 1.62 bits per heavy atom. The van der Waals surface area contributed by atoms with Crippen LogP contribution in [-0.4, -0.2) is 6.54 Å². The van der Waals surface area contributed by atoms with Crippen LogP contribution < -0.4 is 10.1 Å². The van der Waals surface area contributed by atoms with E-state index in [9.17, 15) is 0 Å². The standard InChI is InChI=1S/C22H31NO/c1-3-4-5-6-9-16-23-17-20-12-14-22(15-13-20)24-18-21-11-8-7-10-19(21)2/h7-8,10-15,23H,3-6,9,16-18H2,1-2H3. The first-order valence-electron chi connectivity index (χ1n) is 9.26. The summed E-state index contributed by atoms with van der Waals surface area (Å²) in [6.45, 7) is 7.05. The topological polar surface area (TPSA) is 21.3 Å². The van der Waals surface area contributed by atoms with Gasteiger partial charge >= 0.3 is 0 Å². The molecule has 0 aromatic heterocycles. The predicted octanol–water partition coefficient (Wildman–Crippen LogP) is 5.63. The van der Waals surface area contributed by atoms with Gasteiger partial charge in [-0.05, 0) is 48.7 Å². The molecular weight excluding hydrogens is 294 g/mol. The summed E-state index contributed by atoms with van der Waals surface area (Å²) in [4.78, 5) is 0. The van der Waals surface area contributed by atoms with E-state index in [4.69, 9.17) is 4.74 Å². The molecule has 0 heterocycles. The zero-order valence-electron chi connectivity index (χ0n) is 15.2. The van der Waals surface area contributed by atoms with Gasteiger partial charge < -0.3 is 10.1 Å². The highest BCUT2D eigenvalue weighted by atomic mass is 16.5. The van der Waals surface area contributed by atoms with E-state index < -0.39 is 0 Å². The molecule has 2 rings (SSSR count). The summed E-state index contributed by atoms with van der Waals surface area (Å²) in [5, 5.41) is 3.52. The van der Waals surface area contributed by atoms with Gasteiger partial charge in [-0.1, -0.05) is 69.0 Å². The van der Waals surface area contributed by atoms with E-state index in [1.165, 1.54) is 48.8 Å². The number of hydrogen-bond donors (Lipinski definition) is 1. The van der Waals surface area contributed by atoms with Crippen molar-refractivity contribution in [1.82, 2.24) is 5.32 Å². The van der Waals surface area contributed by atoms with Crippen LogP contribution in [0.3, 0.4) is 0 Å². The van der Waals surface area contributed by atoms with Crippen LogP contribution in [0.1, 0.15) is 55.7 Å². The summed E-state index contributed by atoms with van der Waals surface area (Å²) in [6, 6.07) is 16.8. The van der Waals surface area contributed by atoms with Crippen molar-refractivity contribution in [2.75, 3.05) is 6.54 Å². The van der Waals surface area contributed by atoms with Gasteiger partial charge in [-0.25, -0.2) is 0 Å². The van der Waals surface area contributed by atoms with Gasteiger partial charge in [0.05, 0.1) is 0 Å². The largest absolute Gasteiger partial charge is 0.489 e. The quantitative estimate of drug-likeness (QED) is 0.540. The SMILES string of the molecule is CCCCCCCNCc1ccc(OCc2ccccc2C)cc1. The second-order valence-corrected chi connectivity index (χ2v) is 6.45. The van der Waals surface area contributed by atoms with Crippen LogP contribution in [0.4, 0.5) is 0 Å². The maximum Gasteiger partial charge on any atom is 0.119 e. The zero-order chi connectivity index (χ0) is 17.0. The van der Waals surface area contributed by atoms with Crippen LogP contribution in [0, 0.1) is 6.92 Å². The maximum absolute atomic E-state index is 5.89. The molecule has 2 aromatic carbocycles. The molecule has 1 N–H and O–H groups in total. The molecule has 0 aliphatic carbocycles. The number of benzene rings is 2. The molecule has 0 amide bonds. The fourth-order valence-electron chi connectivity index (χ4n) is 2.72. The monoisotopic (exact) mass is 325 g/mol. The minimum atomic E-state index is 0.627. The van der Waals surface area contributed by atoms with Crippen molar-refractivity contribution in [2.24, 2.45) is 0 Å². The second-order valence-electron chi connectivity index (χ2n) is 6.45.